The highest BCUT2D eigenvalue weighted by Gasteiger charge is 2.30. The minimum Gasteiger partial charge on any atom is -0.444 e. The van der Waals surface area contributed by atoms with E-state index in [0.29, 0.717) is 11.6 Å². The number of amides is 1. The number of nitrogens with zero attached hydrogens (tertiary/aromatic N) is 2. The van der Waals surface area contributed by atoms with Crippen molar-refractivity contribution in [2.45, 2.75) is 64.5 Å². The molecule has 0 spiro atoms. The topological polar surface area (TPSA) is 68.7 Å². The molecule has 140 valence electrons. The fraction of sp³-hybridized carbons (Fsp3) is 0.722. The maximum absolute atomic E-state index is 12.4. The number of rotatable bonds is 7. The van der Waals surface area contributed by atoms with Crippen LogP contribution in [-0.2, 0) is 9.47 Å². The predicted octanol–water partition coefficient (Wildman–Crippen LogP) is 3.91. The highest BCUT2D eigenvalue weighted by molar-refractivity contribution is 7.11. The molecule has 1 saturated heterocycles. The first kappa shape index (κ1) is 19.8. The number of hydrogen-bond donors (Lipinski definition) is 0. The lowest BCUT2D eigenvalue weighted by Gasteiger charge is -2.36. The smallest absolute Gasteiger partial charge is 0.410 e. The Morgan fingerprint density at radius 1 is 1.36 bits per heavy atom. The first-order valence-electron chi connectivity index (χ1n) is 8.87. The summed E-state index contributed by atoms with van der Waals surface area (Å²) in [6.45, 7) is 6.98. The van der Waals surface area contributed by atoms with Crippen molar-refractivity contribution in [1.82, 2.24) is 9.88 Å². The van der Waals surface area contributed by atoms with Gasteiger partial charge in [-0.1, -0.05) is 0 Å². The van der Waals surface area contributed by atoms with E-state index in [1.807, 2.05) is 25.7 Å². The Bertz CT molecular complexity index is 554. The molecule has 0 radical (unpaired) electrons. The van der Waals surface area contributed by atoms with Crippen LogP contribution in [0.1, 0.15) is 62.7 Å². The molecule has 1 aliphatic rings. The van der Waals surface area contributed by atoms with Crippen LogP contribution in [0.3, 0.4) is 0 Å². The van der Waals surface area contributed by atoms with Crippen molar-refractivity contribution in [2.24, 2.45) is 0 Å². The molecule has 0 bridgehead atoms. The molecule has 25 heavy (non-hydrogen) atoms. The number of ketones is 1. The number of likely N-dealkylation sites (tertiary alicyclic amines) is 1. The van der Waals surface area contributed by atoms with E-state index in [-0.39, 0.29) is 24.5 Å². The third-order valence-corrected chi connectivity index (χ3v) is 4.80. The molecule has 1 fully saturated rings. The zero-order valence-corrected chi connectivity index (χ0v) is 16.1. The molecule has 7 heteroatoms. The van der Waals surface area contributed by atoms with E-state index in [0.717, 1.165) is 38.6 Å². The Labute approximate surface area is 153 Å². The summed E-state index contributed by atoms with van der Waals surface area (Å²) in [5.41, 5.74) is -0.474. The van der Waals surface area contributed by atoms with E-state index in [9.17, 15) is 9.59 Å². The Balaban J connectivity index is 1.70. The van der Waals surface area contributed by atoms with E-state index in [2.05, 4.69) is 4.98 Å². The summed E-state index contributed by atoms with van der Waals surface area (Å²) in [6, 6.07) is 0.196. The first-order valence-corrected chi connectivity index (χ1v) is 9.75. The van der Waals surface area contributed by atoms with Crippen molar-refractivity contribution in [3.63, 3.8) is 0 Å². The standard InChI is InChI=1S/C18H28N2O4S/c1-18(2,3)24-17(22)20-10-5-4-7-14(20)8-6-11-23-13-15(21)16-19-9-12-25-16/h9,12,14H,4-8,10-11,13H2,1-3H3/t14-/m1/s1. The number of thiazole rings is 1. The monoisotopic (exact) mass is 368 g/mol. The summed E-state index contributed by atoms with van der Waals surface area (Å²) in [5.74, 6) is -0.0805. The molecule has 1 atom stereocenters. The van der Waals surface area contributed by atoms with Crippen LogP contribution in [0.4, 0.5) is 4.79 Å². The second kappa shape index (κ2) is 9.29. The fourth-order valence-corrected chi connectivity index (χ4v) is 3.43. The lowest BCUT2D eigenvalue weighted by atomic mass is 9.98. The minimum absolute atomic E-state index is 0.0635. The van der Waals surface area contributed by atoms with Gasteiger partial charge in [0.2, 0.25) is 5.78 Å². The lowest BCUT2D eigenvalue weighted by molar-refractivity contribution is 0.00760. The largest absolute Gasteiger partial charge is 0.444 e. The summed E-state index contributed by atoms with van der Waals surface area (Å²) in [6.07, 6.45) is 6.22. The maximum atomic E-state index is 12.4. The normalized spacial score (nSPS) is 18.2. The van der Waals surface area contributed by atoms with Crippen LogP contribution >= 0.6 is 11.3 Å². The molecule has 1 aromatic rings. The van der Waals surface area contributed by atoms with E-state index >= 15 is 0 Å². The van der Waals surface area contributed by atoms with Gasteiger partial charge in [-0.15, -0.1) is 11.3 Å². The van der Waals surface area contributed by atoms with E-state index in [1.54, 1.807) is 11.6 Å². The molecule has 0 saturated carbocycles. The number of aromatic nitrogens is 1. The van der Waals surface area contributed by atoms with Crippen molar-refractivity contribution >= 4 is 23.2 Å². The molecule has 1 aliphatic heterocycles. The Hall–Kier alpha value is -1.47. The number of Topliss-reactive ketones (excluding diaryl/α,β-unsaturated/α-hetero) is 1. The molecule has 2 rings (SSSR count). The van der Waals surface area contributed by atoms with Gasteiger partial charge in [-0.25, -0.2) is 9.78 Å². The molecule has 0 aromatic carbocycles. The molecule has 0 aliphatic carbocycles. The Kier molecular flexibility index (Phi) is 7.38. The van der Waals surface area contributed by atoms with Crippen LogP contribution in [0.15, 0.2) is 11.6 Å². The molecule has 0 unspecified atom stereocenters. The second-order valence-corrected chi connectivity index (χ2v) is 8.17. The fourth-order valence-electron chi connectivity index (χ4n) is 2.87. The third kappa shape index (κ3) is 6.74. The van der Waals surface area contributed by atoms with Crippen molar-refractivity contribution in [1.29, 1.82) is 0 Å². The summed E-state index contributed by atoms with van der Waals surface area (Å²) in [4.78, 5) is 30.0. The lowest BCUT2D eigenvalue weighted by Crippen LogP contribution is -2.46. The van der Waals surface area contributed by atoms with Gasteiger partial charge in [-0.05, 0) is 52.9 Å². The summed E-state index contributed by atoms with van der Waals surface area (Å²) < 4.78 is 11.0. The average molecular weight is 368 g/mol. The van der Waals surface area contributed by atoms with Crippen LogP contribution in [0, 0.1) is 0 Å². The summed E-state index contributed by atoms with van der Waals surface area (Å²) in [7, 11) is 0. The SMILES string of the molecule is CC(C)(C)OC(=O)N1CCCC[C@@H]1CCCOCC(=O)c1nccs1. The second-order valence-electron chi connectivity index (χ2n) is 7.28. The summed E-state index contributed by atoms with van der Waals surface area (Å²) >= 11 is 1.33. The van der Waals surface area contributed by atoms with Crippen LogP contribution in [0.5, 0.6) is 0 Å². The quantitative estimate of drug-likeness (QED) is 0.539. The van der Waals surface area contributed by atoms with Gasteiger partial charge < -0.3 is 14.4 Å². The number of carbonyl (C=O) groups excluding carboxylic acids is 2. The summed E-state index contributed by atoms with van der Waals surface area (Å²) in [5, 5.41) is 2.27. The highest BCUT2D eigenvalue weighted by atomic mass is 32.1. The van der Waals surface area contributed by atoms with E-state index in [4.69, 9.17) is 9.47 Å². The number of hydrogen-bond acceptors (Lipinski definition) is 6. The zero-order chi connectivity index (χ0) is 18.3. The molecular weight excluding hydrogens is 340 g/mol. The maximum Gasteiger partial charge on any atom is 0.410 e. The van der Waals surface area contributed by atoms with Crippen molar-refractivity contribution in [3.8, 4) is 0 Å². The van der Waals surface area contributed by atoms with Gasteiger partial charge in [0.1, 0.15) is 12.2 Å². The van der Waals surface area contributed by atoms with Gasteiger partial charge in [0.25, 0.3) is 0 Å². The van der Waals surface area contributed by atoms with Crippen LogP contribution < -0.4 is 0 Å². The van der Waals surface area contributed by atoms with Crippen LogP contribution in [0.25, 0.3) is 0 Å². The average Bonchev–Trinajstić information content (AvgIpc) is 3.07. The van der Waals surface area contributed by atoms with Crippen molar-refractivity contribution < 1.29 is 19.1 Å². The highest BCUT2D eigenvalue weighted by Crippen LogP contribution is 2.23. The molecule has 1 amide bonds. The van der Waals surface area contributed by atoms with Crippen LogP contribution in [-0.4, -0.2) is 53.2 Å². The Morgan fingerprint density at radius 2 is 2.16 bits per heavy atom. The predicted molar refractivity (Wildman–Crippen MR) is 97.1 cm³/mol. The zero-order valence-electron chi connectivity index (χ0n) is 15.3. The molecular formula is C18H28N2O4S. The number of ether oxygens (including phenoxy) is 2. The minimum atomic E-state index is -0.474. The number of piperidine rings is 1. The van der Waals surface area contributed by atoms with E-state index in [1.165, 1.54) is 11.3 Å². The van der Waals surface area contributed by atoms with Crippen LogP contribution in [0.2, 0.25) is 0 Å². The van der Waals surface area contributed by atoms with Gasteiger partial charge in [0.05, 0.1) is 0 Å². The first-order chi connectivity index (χ1) is 11.9. The molecule has 0 N–H and O–H groups in total. The van der Waals surface area contributed by atoms with Gasteiger partial charge >= 0.3 is 6.09 Å². The van der Waals surface area contributed by atoms with Crippen molar-refractivity contribution in [2.75, 3.05) is 19.8 Å². The van der Waals surface area contributed by atoms with E-state index < -0.39 is 5.60 Å². The molecule has 1 aromatic heterocycles. The number of carbonyl (C=O) groups is 2. The Morgan fingerprint density at radius 3 is 2.84 bits per heavy atom. The molecule has 6 nitrogen and oxygen atoms in total. The van der Waals surface area contributed by atoms with Gasteiger partial charge in [0.15, 0.2) is 5.01 Å². The van der Waals surface area contributed by atoms with Gasteiger partial charge in [-0.3, -0.25) is 4.79 Å². The third-order valence-electron chi connectivity index (χ3n) is 3.99. The van der Waals surface area contributed by atoms with Gasteiger partial charge in [-0.2, -0.15) is 0 Å². The molecule has 2 heterocycles. The van der Waals surface area contributed by atoms with Crippen molar-refractivity contribution in [3.05, 3.63) is 16.6 Å². The van der Waals surface area contributed by atoms with Gasteiger partial charge in [0, 0.05) is 30.8 Å².